The zero-order valence-electron chi connectivity index (χ0n) is 8.46. The second-order valence-electron chi connectivity index (χ2n) is 4.04. The summed E-state index contributed by atoms with van der Waals surface area (Å²) in [6.45, 7) is 1.51. The van der Waals surface area contributed by atoms with E-state index in [1.165, 1.54) is 0 Å². The molecule has 0 aromatic heterocycles. The standard InChI is InChI=1S/C11H15ClN2O/c12-8-2-3-9(10(13)6-8)11(15)4-1-5-14-7-11/h2-3,6,14-15H,1,4-5,7,13H2. The van der Waals surface area contributed by atoms with Crippen LogP contribution < -0.4 is 11.1 Å². The average Bonchev–Trinajstić information content (AvgIpc) is 2.18. The van der Waals surface area contributed by atoms with E-state index in [1.54, 1.807) is 12.1 Å². The van der Waals surface area contributed by atoms with Gasteiger partial charge in [0, 0.05) is 22.8 Å². The van der Waals surface area contributed by atoms with Crippen molar-refractivity contribution in [2.45, 2.75) is 18.4 Å². The topological polar surface area (TPSA) is 58.3 Å². The van der Waals surface area contributed by atoms with Gasteiger partial charge in [0.25, 0.3) is 0 Å². The maximum absolute atomic E-state index is 10.4. The number of nitrogens with one attached hydrogen (secondary N) is 1. The van der Waals surface area contributed by atoms with Gasteiger partial charge >= 0.3 is 0 Å². The minimum atomic E-state index is -0.840. The molecule has 0 spiro atoms. The second-order valence-corrected chi connectivity index (χ2v) is 4.48. The number of piperidine rings is 1. The minimum absolute atomic E-state index is 0.554. The highest BCUT2D eigenvalue weighted by atomic mass is 35.5. The van der Waals surface area contributed by atoms with Gasteiger partial charge in [0.1, 0.15) is 5.60 Å². The van der Waals surface area contributed by atoms with Crippen molar-refractivity contribution in [3.05, 3.63) is 28.8 Å². The van der Waals surface area contributed by atoms with Crippen LogP contribution in [0.3, 0.4) is 0 Å². The number of β-amino-alcohol motifs (C(OH)–C–C–N with tert-alkyl or cyclic N) is 1. The molecule has 1 fully saturated rings. The highest BCUT2D eigenvalue weighted by Crippen LogP contribution is 2.33. The van der Waals surface area contributed by atoms with Gasteiger partial charge in [-0.3, -0.25) is 0 Å². The highest BCUT2D eigenvalue weighted by molar-refractivity contribution is 6.30. The fraction of sp³-hybridized carbons (Fsp3) is 0.455. The molecule has 82 valence electrons. The summed E-state index contributed by atoms with van der Waals surface area (Å²) in [6.07, 6.45) is 1.70. The third-order valence-electron chi connectivity index (χ3n) is 2.88. The van der Waals surface area contributed by atoms with Crippen LogP contribution in [-0.2, 0) is 5.60 Å². The van der Waals surface area contributed by atoms with Crippen molar-refractivity contribution in [2.24, 2.45) is 0 Å². The Bertz CT molecular complexity index is 362. The molecule has 1 saturated heterocycles. The molecule has 15 heavy (non-hydrogen) atoms. The zero-order chi connectivity index (χ0) is 10.9. The van der Waals surface area contributed by atoms with E-state index in [4.69, 9.17) is 17.3 Å². The number of halogens is 1. The molecule has 0 amide bonds. The van der Waals surface area contributed by atoms with Crippen molar-refractivity contribution in [1.82, 2.24) is 5.32 Å². The van der Waals surface area contributed by atoms with Gasteiger partial charge in [-0.25, -0.2) is 0 Å². The summed E-state index contributed by atoms with van der Waals surface area (Å²) in [5.74, 6) is 0. The number of rotatable bonds is 1. The van der Waals surface area contributed by atoms with Gasteiger partial charge in [-0.05, 0) is 31.5 Å². The lowest BCUT2D eigenvalue weighted by molar-refractivity contribution is 0.0130. The first-order valence-electron chi connectivity index (χ1n) is 5.10. The summed E-state index contributed by atoms with van der Waals surface area (Å²) in [5, 5.41) is 14.2. The molecule has 4 N–H and O–H groups in total. The van der Waals surface area contributed by atoms with Crippen LogP contribution in [0.15, 0.2) is 18.2 Å². The first-order valence-corrected chi connectivity index (χ1v) is 5.48. The van der Waals surface area contributed by atoms with Crippen molar-refractivity contribution in [3.63, 3.8) is 0 Å². The smallest absolute Gasteiger partial charge is 0.104 e. The van der Waals surface area contributed by atoms with Crippen LogP contribution >= 0.6 is 11.6 Å². The van der Waals surface area contributed by atoms with Crippen LogP contribution in [0.25, 0.3) is 0 Å². The Hall–Kier alpha value is -0.770. The van der Waals surface area contributed by atoms with E-state index in [0.29, 0.717) is 17.3 Å². The number of nitrogens with two attached hydrogens (primary N) is 1. The maximum Gasteiger partial charge on any atom is 0.104 e. The van der Waals surface area contributed by atoms with Crippen molar-refractivity contribution in [2.75, 3.05) is 18.8 Å². The Labute approximate surface area is 94.2 Å². The molecule has 1 aliphatic heterocycles. The molecule has 0 saturated carbocycles. The molecule has 3 nitrogen and oxygen atoms in total. The van der Waals surface area contributed by atoms with Gasteiger partial charge in [0.2, 0.25) is 0 Å². The zero-order valence-corrected chi connectivity index (χ0v) is 9.22. The molecule has 1 aromatic carbocycles. The van der Waals surface area contributed by atoms with Crippen LogP contribution in [0.1, 0.15) is 18.4 Å². The van der Waals surface area contributed by atoms with E-state index < -0.39 is 5.60 Å². The van der Waals surface area contributed by atoms with Gasteiger partial charge < -0.3 is 16.2 Å². The molecule has 2 rings (SSSR count). The van der Waals surface area contributed by atoms with Gasteiger partial charge in [-0.2, -0.15) is 0 Å². The highest BCUT2D eigenvalue weighted by Gasteiger charge is 2.32. The lowest BCUT2D eigenvalue weighted by Gasteiger charge is -2.34. The van der Waals surface area contributed by atoms with Crippen molar-refractivity contribution in [1.29, 1.82) is 0 Å². The lowest BCUT2D eigenvalue weighted by Crippen LogP contribution is -2.43. The SMILES string of the molecule is Nc1cc(Cl)ccc1C1(O)CCCNC1. The quantitative estimate of drug-likeness (QED) is 0.636. The Morgan fingerprint density at radius 1 is 1.47 bits per heavy atom. The largest absolute Gasteiger partial charge is 0.398 e. The first-order chi connectivity index (χ1) is 7.12. The van der Waals surface area contributed by atoms with Gasteiger partial charge in [0.05, 0.1) is 0 Å². The third-order valence-corrected chi connectivity index (χ3v) is 3.11. The van der Waals surface area contributed by atoms with Crippen LogP contribution in [0.2, 0.25) is 5.02 Å². The minimum Gasteiger partial charge on any atom is -0.398 e. The van der Waals surface area contributed by atoms with Crippen molar-refractivity contribution < 1.29 is 5.11 Å². The van der Waals surface area contributed by atoms with E-state index in [2.05, 4.69) is 5.32 Å². The van der Waals surface area contributed by atoms with Crippen LogP contribution in [0, 0.1) is 0 Å². The Balaban J connectivity index is 2.35. The summed E-state index contributed by atoms with van der Waals surface area (Å²) in [6, 6.07) is 5.26. The maximum atomic E-state index is 10.4. The van der Waals surface area contributed by atoms with E-state index >= 15 is 0 Å². The fourth-order valence-corrected chi connectivity index (χ4v) is 2.26. The molecule has 1 aliphatic rings. The average molecular weight is 227 g/mol. The van der Waals surface area contributed by atoms with Gasteiger partial charge in [-0.1, -0.05) is 17.7 Å². The Morgan fingerprint density at radius 2 is 2.27 bits per heavy atom. The predicted molar refractivity (Wildman–Crippen MR) is 61.9 cm³/mol. The molecule has 0 aliphatic carbocycles. The fourth-order valence-electron chi connectivity index (χ4n) is 2.08. The number of hydrogen-bond donors (Lipinski definition) is 3. The first kappa shape index (κ1) is 10.7. The summed E-state index contributed by atoms with van der Waals surface area (Å²) in [5.41, 5.74) is 6.37. The summed E-state index contributed by atoms with van der Waals surface area (Å²) in [4.78, 5) is 0. The molecule has 4 heteroatoms. The molecule has 1 heterocycles. The summed E-state index contributed by atoms with van der Waals surface area (Å²) < 4.78 is 0. The third kappa shape index (κ3) is 2.09. The molecular formula is C11H15ClN2O. The summed E-state index contributed by atoms with van der Waals surface area (Å²) in [7, 11) is 0. The molecular weight excluding hydrogens is 212 g/mol. The van der Waals surface area contributed by atoms with Crippen LogP contribution in [0.4, 0.5) is 5.69 Å². The molecule has 0 radical (unpaired) electrons. The van der Waals surface area contributed by atoms with Gasteiger partial charge in [-0.15, -0.1) is 0 Å². The number of nitrogen functional groups attached to an aromatic ring is 1. The van der Waals surface area contributed by atoms with Crippen LogP contribution in [0.5, 0.6) is 0 Å². The molecule has 0 bridgehead atoms. The number of anilines is 1. The van der Waals surface area contributed by atoms with Crippen molar-refractivity contribution >= 4 is 17.3 Å². The van der Waals surface area contributed by atoms with Gasteiger partial charge in [0.15, 0.2) is 0 Å². The Kier molecular flexibility index (Phi) is 2.87. The Morgan fingerprint density at radius 3 is 2.87 bits per heavy atom. The van der Waals surface area contributed by atoms with Crippen LogP contribution in [-0.4, -0.2) is 18.2 Å². The normalized spacial score (nSPS) is 26.5. The number of benzene rings is 1. The second kappa shape index (κ2) is 4.00. The monoisotopic (exact) mass is 226 g/mol. The molecule has 1 aromatic rings. The predicted octanol–water partition coefficient (Wildman–Crippen LogP) is 1.49. The molecule has 1 atom stereocenters. The lowest BCUT2D eigenvalue weighted by atomic mass is 9.86. The van der Waals surface area contributed by atoms with E-state index in [9.17, 15) is 5.11 Å². The van der Waals surface area contributed by atoms with Crippen molar-refractivity contribution in [3.8, 4) is 0 Å². The summed E-state index contributed by atoms with van der Waals surface area (Å²) >= 11 is 5.82. The number of aliphatic hydroxyl groups is 1. The number of hydrogen-bond acceptors (Lipinski definition) is 3. The molecule has 1 unspecified atom stereocenters. The van der Waals surface area contributed by atoms with E-state index in [0.717, 1.165) is 24.9 Å². The van der Waals surface area contributed by atoms with E-state index in [-0.39, 0.29) is 0 Å². The van der Waals surface area contributed by atoms with E-state index in [1.807, 2.05) is 6.07 Å².